The Kier molecular flexibility index (Phi) is 4.55. The Morgan fingerprint density at radius 1 is 1.41 bits per heavy atom. The van der Waals surface area contributed by atoms with Crippen LogP contribution in [0.2, 0.25) is 0 Å². The SMILES string of the molecule is CCC1CCC(C(Cc2ccccn2)NC)C1. The Morgan fingerprint density at radius 3 is 2.88 bits per heavy atom. The van der Waals surface area contributed by atoms with Crippen LogP contribution in [0.4, 0.5) is 0 Å². The van der Waals surface area contributed by atoms with Crippen LogP contribution in [0.5, 0.6) is 0 Å². The monoisotopic (exact) mass is 232 g/mol. The molecule has 1 heterocycles. The summed E-state index contributed by atoms with van der Waals surface area (Å²) in [6.45, 7) is 2.32. The number of hydrogen-bond donors (Lipinski definition) is 1. The van der Waals surface area contributed by atoms with Crippen LogP contribution in [0.3, 0.4) is 0 Å². The maximum atomic E-state index is 4.44. The Labute approximate surface area is 105 Å². The van der Waals surface area contributed by atoms with Crippen LogP contribution < -0.4 is 5.32 Å². The van der Waals surface area contributed by atoms with Crippen molar-refractivity contribution in [1.82, 2.24) is 10.3 Å². The fraction of sp³-hybridized carbons (Fsp3) is 0.667. The van der Waals surface area contributed by atoms with Crippen molar-refractivity contribution in [1.29, 1.82) is 0 Å². The number of nitrogens with one attached hydrogen (secondary N) is 1. The lowest BCUT2D eigenvalue weighted by molar-refractivity contribution is 0.359. The summed E-state index contributed by atoms with van der Waals surface area (Å²) in [5, 5.41) is 3.50. The van der Waals surface area contributed by atoms with Gasteiger partial charge in [0.15, 0.2) is 0 Å². The van der Waals surface area contributed by atoms with Gasteiger partial charge in [0.05, 0.1) is 0 Å². The quantitative estimate of drug-likeness (QED) is 0.844. The molecule has 1 saturated carbocycles. The maximum absolute atomic E-state index is 4.44. The summed E-state index contributed by atoms with van der Waals surface area (Å²) in [6.07, 6.45) is 8.51. The molecule has 17 heavy (non-hydrogen) atoms. The van der Waals surface area contributed by atoms with Gasteiger partial charge in [-0.3, -0.25) is 4.98 Å². The Balaban J connectivity index is 1.93. The van der Waals surface area contributed by atoms with Gasteiger partial charge >= 0.3 is 0 Å². The van der Waals surface area contributed by atoms with Crippen molar-refractivity contribution in [2.24, 2.45) is 11.8 Å². The molecule has 1 aromatic heterocycles. The lowest BCUT2D eigenvalue weighted by Gasteiger charge is -2.23. The lowest BCUT2D eigenvalue weighted by atomic mass is 9.92. The van der Waals surface area contributed by atoms with Crippen molar-refractivity contribution in [2.45, 2.75) is 45.1 Å². The van der Waals surface area contributed by atoms with Crippen LogP contribution in [-0.2, 0) is 6.42 Å². The maximum Gasteiger partial charge on any atom is 0.0419 e. The van der Waals surface area contributed by atoms with Crippen LogP contribution in [-0.4, -0.2) is 18.1 Å². The second-order valence-corrected chi connectivity index (χ2v) is 5.27. The normalized spacial score (nSPS) is 26.0. The molecule has 2 nitrogen and oxygen atoms in total. The predicted molar refractivity (Wildman–Crippen MR) is 71.9 cm³/mol. The van der Waals surface area contributed by atoms with Crippen LogP contribution in [0.15, 0.2) is 24.4 Å². The van der Waals surface area contributed by atoms with E-state index in [2.05, 4.69) is 36.4 Å². The molecule has 2 heteroatoms. The number of aromatic nitrogens is 1. The third kappa shape index (κ3) is 3.29. The van der Waals surface area contributed by atoms with Crippen molar-refractivity contribution < 1.29 is 0 Å². The molecule has 1 aliphatic rings. The van der Waals surface area contributed by atoms with Gasteiger partial charge in [-0.05, 0) is 43.9 Å². The second-order valence-electron chi connectivity index (χ2n) is 5.27. The van der Waals surface area contributed by atoms with E-state index in [1.165, 1.54) is 31.4 Å². The summed E-state index contributed by atoms with van der Waals surface area (Å²) in [5.74, 6) is 1.80. The van der Waals surface area contributed by atoms with Crippen LogP contribution in [0.25, 0.3) is 0 Å². The molecular formula is C15H24N2. The number of rotatable bonds is 5. The minimum atomic E-state index is 0.599. The molecule has 0 aliphatic heterocycles. The highest BCUT2D eigenvalue weighted by Gasteiger charge is 2.29. The third-order valence-electron chi connectivity index (χ3n) is 4.25. The first kappa shape index (κ1) is 12.6. The standard InChI is InChI=1S/C15H24N2/c1-3-12-7-8-13(10-12)15(16-2)11-14-6-4-5-9-17-14/h4-6,9,12-13,15-16H,3,7-8,10-11H2,1-2H3. The van der Waals surface area contributed by atoms with Gasteiger partial charge in [-0.2, -0.15) is 0 Å². The minimum absolute atomic E-state index is 0.599. The van der Waals surface area contributed by atoms with Gasteiger partial charge in [-0.25, -0.2) is 0 Å². The van der Waals surface area contributed by atoms with Crippen LogP contribution in [0.1, 0.15) is 38.3 Å². The van der Waals surface area contributed by atoms with Gasteiger partial charge < -0.3 is 5.32 Å². The fourth-order valence-electron chi connectivity index (χ4n) is 3.10. The molecule has 2 rings (SSSR count). The largest absolute Gasteiger partial charge is 0.316 e. The van der Waals surface area contributed by atoms with E-state index in [-0.39, 0.29) is 0 Å². The zero-order valence-electron chi connectivity index (χ0n) is 11.0. The molecule has 0 radical (unpaired) electrons. The minimum Gasteiger partial charge on any atom is -0.316 e. The van der Waals surface area contributed by atoms with Crippen molar-refractivity contribution >= 4 is 0 Å². The highest BCUT2D eigenvalue weighted by Crippen LogP contribution is 2.35. The second kappa shape index (κ2) is 6.15. The third-order valence-corrected chi connectivity index (χ3v) is 4.25. The van der Waals surface area contributed by atoms with Gasteiger partial charge in [-0.15, -0.1) is 0 Å². The molecule has 1 aromatic rings. The summed E-state index contributed by atoms with van der Waals surface area (Å²) in [4.78, 5) is 4.44. The molecule has 0 saturated heterocycles. The van der Waals surface area contributed by atoms with Crippen molar-refractivity contribution in [3.05, 3.63) is 30.1 Å². The zero-order chi connectivity index (χ0) is 12.1. The van der Waals surface area contributed by atoms with E-state index >= 15 is 0 Å². The van der Waals surface area contributed by atoms with Gasteiger partial charge in [0, 0.05) is 24.4 Å². The first-order valence-corrected chi connectivity index (χ1v) is 6.90. The van der Waals surface area contributed by atoms with Crippen LogP contribution >= 0.6 is 0 Å². The van der Waals surface area contributed by atoms with Gasteiger partial charge in [-0.1, -0.05) is 25.8 Å². The van der Waals surface area contributed by atoms with E-state index in [0.717, 1.165) is 18.3 Å². The summed E-state index contributed by atoms with van der Waals surface area (Å²) in [5.41, 5.74) is 1.21. The molecule has 1 fully saturated rings. The molecule has 94 valence electrons. The predicted octanol–water partition coefficient (Wildman–Crippen LogP) is 3.04. The summed E-state index contributed by atoms with van der Waals surface area (Å²) in [7, 11) is 2.09. The fourth-order valence-corrected chi connectivity index (χ4v) is 3.10. The highest BCUT2D eigenvalue weighted by atomic mass is 14.9. The molecule has 1 aliphatic carbocycles. The highest BCUT2D eigenvalue weighted by molar-refractivity contribution is 5.06. The number of pyridine rings is 1. The summed E-state index contributed by atoms with van der Waals surface area (Å²) < 4.78 is 0. The van der Waals surface area contributed by atoms with E-state index in [0.29, 0.717) is 6.04 Å². The molecule has 3 atom stereocenters. The van der Waals surface area contributed by atoms with E-state index in [1.807, 2.05) is 12.3 Å². The smallest absolute Gasteiger partial charge is 0.0419 e. The van der Waals surface area contributed by atoms with E-state index < -0.39 is 0 Å². The van der Waals surface area contributed by atoms with E-state index in [1.54, 1.807) is 0 Å². The molecule has 0 aromatic carbocycles. The zero-order valence-corrected chi connectivity index (χ0v) is 11.0. The molecule has 1 N–H and O–H groups in total. The average Bonchev–Trinajstić information content (AvgIpc) is 2.86. The Hall–Kier alpha value is -0.890. The van der Waals surface area contributed by atoms with Crippen molar-refractivity contribution in [3.8, 4) is 0 Å². The van der Waals surface area contributed by atoms with Crippen molar-refractivity contribution in [3.63, 3.8) is 0 Å². The first-order valence-electron chi connectivity index (χ1n) is 6.90. The van der Waals surface area contributed by atoms with Crippen LogP contribution in [0, 0.1) is 11.8 Å². The lowest BCUT2D eigenvalue weighted by Crippen LogP contribution is -2.34. The van der Waals surface area contributed by atoms with E-state index in [4.69, 9.17) is 0 Å². The summed E-state index contributed by atoms with van der Waals surface area (Å²) in [6, 6.07) is 6.80. The molecule has 0 amide bonds. The summed E-state index contributed by atoms with van der Waals surface area (Å²) >= 11 is 0. The van der Waals surface area contributed by atoms with Gasteiger partial charge in [0.1, 0.15) is 0 Å². The topological polar surface area (TPSA) is 24.9 Å². The molecule has 0 spiro atoms. The van der Waals surface area contributed by atoms with Crippen molar-refractivity contribution in [2.75, 3.05) is 7.05 Å². The average molecular weight is 232 g/mol. The molecule has 0 bridgehead atoms. The Bertz CT molecular complexity index is 323. The number of likely N-dealkylation sites (N-methyl/N-ethyl adjacent to an activating group) is 1. The number of hydrogen-bond acceptors (Lipinski definition) is 2. The molecular weight excluding hydrogens is 208 g/mol. The Morgan fingerprint density at radius 2 is 2.29 bits per heavy atom. The first-order chi connectivity index (χ1) is 8.33. The molecule has 3 unspecified atom stereocenters. The van der Waals surface area contributed by atoms with Gasteiger partial charge in [0.25, 0.3) is 0 Å². The van der Waals surface area contributed by atoms with E-state index in [9.17, 15) is 0 Å². The number of nitrogens with zero attached hydrogens (tertiary/aromatic N) is 1. The van der Waals surface area contributed by atoms with Gasteiger partial charge in [0.2, 0.25) is 0 Å².